The van der Waals surface area contributed by atoms with E-state index in [4.69, 9.17) is 0 Å². The highest BCUT2D eigenvalue weighted by atomic mass is 19.4. The third kappa shape index (κ3) is 5.63. The van der Waals surface area contributed by atoms with Gasteiger partial charge in [0.15, 0.2) is 0 Å². The lowest BCUT2D eigenvalue weighted by Gasteiger charge is -2.46. The Morgan fingerprint density at radius 3 is 2.73 bits per heavy atom. The number of alkyl halides is 3. The summed E-state index contributed by atoms with van der Waals surface area (Å²) in [6.07, 6.45) is -4.49. The molecule has 1 aromatic heterocycles. The monoisotopic (exact) mass is 571 g/mol. The van der Waals surface area contributed by atoms with Gasteiger partial charge in [0.1, 0.15) is 11.4 Å². The summed E-state index contributed by atoms with van der Waals surface area (Å²) in [6.45, 7) is 3.16. The zero-order valence-electron chi connectivity index (χ0n) is 22.2. The fraction of sp³-hybridized carbons (Fsp3) is 0.259. The van der Waals surface area contributed by atoms with Crippen molar-refractivity contribution < 1.29 is 32.6 Å². The number of nitrogens with zero attached hydrogens (tertiary/aromatic N) is 3. The maximum absolute atomic E-state index is 13.1. The van der Waals surface area contributed by atoms with Crippen LogP contribution >= 0.6 is 0 Å². The molecule has 4 N–H and O–H groups in total. The first-order valence-electron chi connectivity index (χ1n) is 12.5. The molecule has 3 aromatic rings. The molecule has 0 saturated carbocycles. The summed E-state index contributed by atoms with van der Waals surface area (Å²) < 4.78 is 41.1. The molecule has 0 saturated heterocycles. The van der Waals surface area contributed by atoms with Gasteiger partial charge in [-0.1, -0.05) is 12.1 Å². The van der Waals surface area contributed by atoms with Gasteiger partial charge in [0.2, 0.25) is 0 Å². The lowest BCUT2D eigenvalue weighted by molar-refractivity contribution is -0.274. The minimum absolute atomic E-state index is 0.0234. The normalized spacial score (nSPS) is 19.7. The summed E-state index contributed by atoms with van der Waals surface area (Å²) in [4.78, 5) is 28.7. The van der Waals surface area contributed by atoms with Crippen molar-refractivity contribution in [2.75, 3.05) is 30.5 Å². The van der Waals surface area contributed by atoms with Crippen molar-refractivity contribution in [1.29, 1.82) is 0 Å². The number of hydroxylamine groups is 1. The second-order valence-corrected chi connectivity index (χ2v) is 9.83. The first-order valence-corrected chi connectivity index (χ1v) is 12.5. The first kappa shape index (κ1) is 28.2. The Hall–Kier alpha value is -4.37. The number of aliphatic hydroxyl groups excluding tert-OH is 1. The number of H-pyrrole nitrogens is 1. The van der Waals surface area contributed by atoms with E-state index in [0.29, 0.717) is 34.0 Å². The zero-order valence-corrected chi connectivity index (χ0v) is 22.2. The van der Waals surface area contributed by atoms with E-state index < -0.39 is 34.8 Å². The third-order valence-corrected chi connectivity index (χ3v) is 6.77. The van der Waals surface area contributed by atoms with Crippen molar-refractivity contribution in [3.8, 4) is 5.75 Å². The summed E-state index contributed by atoms with van der Waals surface area (Å²) in [5.41, 5.74) is 7.40. The summed E-state index contributed by atoms with van der Waals surface area (Å²) in [5, 5.41) is 29.9. The molecule has 2 amide bonds. The van der Waals surface area contributed by atoms with E-state index >= 15 is 0 Å². The molecule has 2 aromatic carbocycles. The Kier molecular flexibility index (Phi) is 7.03. The van der Waals surface area contributed by atoms with Gasteiger partial charge in [-0.25, -0.2) is 0 Å². The Morgan fingerprint density at radius 2 is 2.00 bits per heavy atom. The number of β-amino-alcohol motifs (C(OH)–C–C–N with tert-alkyl or cyclic N) is 1. The highest BCUT2D eigenvalue weighted by Crippen LogP contribution is 2.43. The summed E-state index contributed by atoms with van der Waals surface area (Å²) in [5.74, 6) is -1.48. The van der Waals surface area contributed by atoms with E-state index in [1.54, 1.807) is 38.1 Å². The number of amides is 2. The molecule has 2 atom stereocenters. The van der Waals surface area contributed by atoms with Crippen LogP contribution < -0.4 is 25.1 Å². The number of hydrogen-bond donors (Lipinski definition) is 4. The first-order chi connectivity index (χ1) is 19.2. The van der Waals surface area contributed by atoms with Crippen LogP contribution in [0.3, 0.4) is 0 Å². The predicted octanol–water partition coefficient (Wildman–Crippen LogP) is 4.27. The molecule has 11 nitrogen and oxygen atoms in total. The van der Waals surface area contributed by atoms with Crippen molar-refractivity contribution in [2.45, 2.75) is 26.3 Å². The van der Waals surface area contributed by atoms with Crippen LogP contribution in [0.4, 0.5) is 30.2 Å². The average Bonchev–Trinajstić information content (AvgIpc) is 3.44. The van der Waals surface area contributed by atoms with Crippen molar-refractivity contribution in [1.82, 2.24) is 15.1 Å². The number of aromatic amines is 1. The van der Waals surface area contributed by atoms with Gasteiger partial charge in [-0.3, -0.25) is 9.59 Å². The fourth-order valence-corrected chi connectivity index (χ4v) is 4.94. The molecular formula is C27H26F3N6O5-. The lowest BCUT2D eigenvalue weighted by atomic mass is 10.0. The zero-order chi connectivity index (χ0) is 29.7. The van der Waals surface area contributed by atoms with E-state index in [0.717, 1.165) is 12.1 Å². The van der Waals surface area contributed by atoms with Gasteiger partial charge in [0.05, 0.1) is 30.0 Å². The van der Waals surface area contributed by atoms with Crippen LogP contribution in [0.2, 0.25) is 0 Å². The minimum Gasteiger partial charge on any atom is -0.636 e. The summed E-state index contributed by atoms with van der Waals surface area (Å²) in [6, 6.07) is 10.4. The predicted molar refractivity (Wildman–Crippen MR) is 146 cm³/mol. The smallest absolute Gasteiger partial charge is 0.573 e. The van der Waals surface area contributed by atoms with Crippen LogP contribution in [0.25, 0.3) is 17.2 Å². The number of benzene rings is 2. The van der Waals surface area contributed by atoms with Gasteiger partial charge in [-0.05, 0) is 49.8 Å². The standard InChI is InChI=1S/C27H26F3N6O5/c1-14-21(11-19-18-10-17(41-27(28,29)30)8-9-20(18)33-25(19)38)32-15(2)24(14)26(39)31-12-16(37)13-35-22-6-4-5-7-23(22)36(3,40)34-35/h4-11,16,32,37H,12-13H2,1-3H3,(H,31,39)(H,33,38)/q-1/b19-11-. The molecule has 2 unspecified atom stereocenters. The summed E-state index contributed by atoms with van der Waals surface area (Å²) >= 11 is 0. The lowest BCUT2D eigenvalue weighted by Crippen LogP contribution is -2.40. The number of carbonyl (C=O) groups excluding carboxylic acids is 2. The van der Waals surface area contributed by atoms with Crippen LogP contribution in [0.5, 0.6) is 5.75 Å². The van der Waals surface area contributed by atoms with Crippen molar-refractivity contribution in [3.63, 3.8) is 0 Å². The number of aryl methyl sites for hydroxylation is 1. The highest BCUT2D eigenvalue weighted by Gasteiger charge is 2.33. The number of quaternary nitrogens is 1. The van der Waals surface area contributed by atoms with Gasteiger partial charge in [-0.2, -0.15) is 0 Å². The molecule has 0 aliphatic carbocycles. The number of anilines is 2. The van der Waals surface area contributed by atoms with Crippen LogP contribution in [0, 0.1) is 19.1 Å². The number of nitrogens with one attached hydrogen (secondary N) is 3. The summed E-state index contributed by atoms with van der Waals surface area (Å²) in [7, 11) is 1.38. The number of fused-ring (bicyclic) bond motifs is 2. The molecule has 216 valence electrons. The van der Waals surface area contributed by atoms with Crippen LogP contribution in [-0.4, -0.2) is 54.5 Å². The maximum Gasteiger partial charge on any atom is 0.573 e. The number of carbonyl (C=O) groups is 2. The van der Waals surface area contributed by atoms with Crippen molar-refractivity contribution >= 4 is 40.5 Å². The quantitative estimate of drug-likeness (QED) is 0.189. The number of halogens is 3. The number of aromatic nitrogens is 1. The van der Waals surface area contributed by atoms with E-state index in [-0.39, 0.29) is 29.8 Å². The Balaban J connectivity index is 1.29. The Morgan fingerprint density at radius 1 is 1.27 bits per heavy atom. The van der Waals surface area contributed by atoms with Gasteiger partial charge >= 0.3 is 6.36 Å². The molecule has 0 bridgehead atoms. The van der Waals surface area contributed by atoms with Gasteiger partial charge < -0.3 is 46.0 Å². The molecule has 0 fully saturated rings. The second kappa shape index (κ2) is 10.2. The van der Waals surface area contributed by atoms with E-state index in [2.05, 4.69) is 25.9 Å². The van der Waals surface area contributed by atoms with Crippen LogP contribution in [-0.2, 0) is 4.79 Å². The maximum atomic E-state index is 13.1. The number of rotatable bonds is 7. The van der Waals surface area contributed by atoms with Crippen LogP contribution in [0.1, 0.15) is 32.9 Å². The van der Waals surface area contributed by atoms with Gasteiger partial charge in [-0.15, -0.1) is 13.2 Å². The molecule has 2 aliphatic rings. The molecule has 5 rings (SSSR count). The average molecular weight is 572 g/mol. The number of para-hydroxylation sites is 2. The van der Waals surface area contributed by atoms with Gasteiger partial charge in [0, 0.05) is 41.8 Å². The molecule has 0 radical (unpaired) electrons. The molecule has 2 aliphatic heterocycles. The molecule has 3 heterocycles. The van der Waals surface area contributed by atoms with Crippen LogP contribution in [0.15, 0.2) is 42.5 Å². The SMILES string of the molecule is Cc1[nH]c(/C=C2\C(=O)Nc3ccc(OC(F)(F)F)cc32)c(C)c1C(=O)NCC(O)CN1[N-][N+](C)([O-])c2ccccc21. The molecule has 14 heteroatoms. The van der Waals surface area contributed by atoms with Gasteiger partial charge in [0.25, 0.3) is 11.8 Å². The Labute approximate surface area is 232 Å². The van der Waals surface area contributed by atoms with E-state index in [1.165, 1.54) is 24.2 Å². The molecule has 41 heavy (non-hydrogen) atoms. The van der Waals surface area contributed by atoms with Crippen molar-refractivity contribution in [2.24, 2.45) is 0 Å². The van der Waals surface area contributed by atoms with E-state index in [9.17, 15) is 33.1 Å². The number of ether oxygens (including phenoxy) is 1. The second-order valence-electron chi connectivity index (χ2n) is 9.83. The van der Waals surface area contributed by atoms with Crippen molar-refractivity contribution in [3.05, 3.63) is 81.3 Å². The highest BCUT2D eigenvalue weighted by molar-refractivity contribution is 6.35. The third-order valence-electron chi connectivity index (χ3n) is 6.77. The number of hydrogen-bond acceptors (Lipinski definition) is 6. The Bertz CT molecular complexity index is 1570. The fourth-order valence-electron chi connectivity index (χ4n) is 4.94. The topological polar surface area (TPSA) is 144 Å². The van der Waals surface area contributed by atoms with E-state index in [1.807, 2.05) is 0 Å². The molecule has 0 spiro atoms. The molecular weight excluding hydrogens is 545 g/mol. The largest absolute Gasteiger partial charge is 0.636 e. The minimum atomic E-state index is -4.89. The number of aliphatic hydroxyl groups is 1.